The van der Waals surface area contributed by atoms with Gasteiger partial charge in [0.25, 0.3) is 5.91 Å². The second kappa shape index (κ2) is 9.30. The molecule has 0 spiro atoms. The highest BCUT2D eigenvalue weighted by Crippen LogP contribution is 2.41. The lowest BCUT2D eigenvalue weighted by atomic mass is 10.0. The molecule has 1 fully saturated rings. The topological polar surface area (TPSA) is 118 Å². The molecule has 0 bridgehead atoms. The Kier molecular flexibility index (Phi) is 6.59. The van der Waals surface area contributed by atoms with E-state index < -0.39 is 17.3 Å². The highest BCUT2D eigenvalue weighted by atomic mass is 19.1. The van der Waals surface area contributed by atoms with Gasteiger partial charge in [0.05, 0.1) is 24.0 Å². The largest absolute Gasteiger partial charge is 0.396 e. The number of hydrogen-bond acceptors (Lipinski definition) is 6. The average molecular weight is 474 g/mol. The van der Waals surface area contributed by atoms with Crippen LogP contribution >= 0.6 is 0 Å². The molecule has 34 heavy (non-hydrogen) atoms. The SMILES string of the molecule is C[C@@H]1CN(C(=O)N2Cc3c(NC(=O)c4ccc(F)cn4)n[nH]c3C2(C)C)[C@@H](C)CN1CCCO. The molecule has 0 unspecified atom stereocenters. The summed E-state index contributed by atoms with van der Waals surface area (Å²) in [5.74, 6) is -0.686. The Labute approximate surface area is 198 Å². The number of nitrogens with zero attached hydrogens (tertiary/aromatic N) is 5. The van der Waals surface area contributed by atoms with Crippen LogP contribution in [0, 0.1) is 5.82 Å². The van der Waals surface area contributed by atoms with Crippen LogP contribution in [0.5, 0.6) is 0 Å². The monoisotopic (exact) mass is 473 g/mol. The van der Waals surface area contributed by atoms with Gasteiger partial charge in [-0.25, -0.2) is 14.2 Å². The van der Waals surface area contributed by atoms with E-state index in [1.165, 1.54) is 12.1 Å². The van der Waals surface area contributed by atoms with Gasteiger partial charge >= 0.3 is 6.03 Å². The van der Waals surface area contributed by atoms with Gasteiger partial charge in [-0.1, -0.05) is 0 Å². The number of carbonyl (C=O) groups is 2. The molecule has 2 aromatic heterocycles. The summed E-state index contributed by atoms with van der Waals surface area (Å²) >= 11 is 0. The maximum absolute atomic E-state index is 13.7. The lowest BCUT2D eigenvalue weighted by Crippen LogP contribution is -2.61. The van der Waals surface area contributed by atoms with Crippen LogP contribution in [-0.2, 0) is 12.1 Å². The van der Waals surface area contributed by atoms with E-state index in [2.05, 4.69) is 32.3 Å². The van der Waals surface area contributed by atoms with Crippen molar-refractivity contribution in [2.24, 2.45) is 0 Å². The molecule has 0 radical (unpaired) electrons. The summed E-state index contributed by atoms with van der Waals surface area (Å²) in [4.78, 5) is 36.1. The van der Waals surface area contributed by atoms with Gasteiger partial charge in [0.1, 0.15) is 11.5 Å². The van der Waals surface area contributed by atoms with Crippen LogP contribution in [-0.4, -0.2) is 85.3 Å². The normalized spacial score (nSPS) is 22.1. The Balaban J connectivity index is 1.49. The highest BCUT2D eigenvalue weighted by Gasteiger charge is 2.46. The van der Waals surface area contributed by atoms with Crippen molar-refractivity contribution in [1.29, 1.82) is 0 Å². The van der Waals surface area contributed by atoms with Crippen molar-refractivity contribution in [3.05, 3.63) is 41.1 Å². The molecule has 2 aromatic rings. The number of aromatic nitrogens is 3. The van der Waals surface area contributed by atoms with Gasteiger partial charge in [-0.15, -0.1) is 0 Å². The van der Waals surface area contributed by atoms with Crippen LogP contribution in [0.3, 0.4) is 0 Å². The number of rotatable bonds is 5. The fourth-order valence-corrected chi connectivity index (χ4v) is 4.81. The van der Waals surface area contributed by atoms with Gasteiger partial charge < -0.3 is 20.2 Å². The molecule has 0 aromatic carbocycles. The quantitative estimate of drug-likeness (QED) is 0.613. The van der Waals surface area contributed by atoms with Crippen molar-refractivity contribution < 1.29 is 19.1 Å². The first-order chi connectivity index (χ1) is 16.1. The molecule has 0 saturated carbocycles. The highest BCUT2D eigenvalue weighted by molar-refractivity contribution is 6.02. The number of nitrogens with one attached hydrogen (secondary N) is 2. The molecule has 0 aliphatic carbocycles. The maximum atomic E-state index is 13.7. The number of aromatic amines is 1. The van der Waals surface area contributed by atoms with Crippen molar-refractivity contribution in [3.63, 3.8) is 0 Å². The molecule has 1 saturated heterocycles. The van der Waals surface area contributed by atoms with Crippen LogP contribution in [0.15, 0.2) is 18.3 Å². The minimum Gasteiger partial charge on any atom is -0.396 e. The number of anilines is 1. The first-order valence-electron chi connectivity index (χ1n) is 11.6. The van der Waals surface area contributed by atoms with E-state index in [0.717, 1.165) is 30.5 Å². The molecule has 10 nitrogen and oxygen atoms in total. The molecule has 4 rings (SSSR count). The Morgan fingerprint density at radius 2 is 2.03 bits per heavy atom. The molecule has 11 heteroatoms. The van der Waals surface area contributed by atoms with Crippen LogP contribution < -0.4 is 5.32 Å². The summed E-state index contributed by atoms with van der Waals surface area (Å²) in [7, 11) is 0. The number of piperazine rings is 1. The Morgan fingerprint density at radius 1 is 1.26 bits per heavy atom. The number of carbonyl (C=O) groups excluding carboxylic acids is 2. The van der Waals surface area contributed by atoms with Crippen molar-refractivity contribution in [2.75, 3.05) is 31.6 Å². The molecular formula is C23H32FN7O3. The molecule has 2 atom stereocenters. The molecule has 4 heterocycles. The fourth-order valence-electron chi connectivity index (χ4n) is 4.81. The number of urea groups is 1. The van der Waals surface area contributed by atoms with E-state index in [9.17, 15) is 14.0 Å². The molecular weight excluding hydrogens is 441 g/mol. The molecule has 3 amide bonds. The van der Waals surface area contributed by atoms with Crippen LogP contribution in [0.25, 0.3) is 0 Å². The summed E-state index contributed by atoms with van der Waals surface area (Å²) in [6.45, 7) is 10.7. The minimum absolute atomic E-state index is 0.0268. The van der Waals surface area contributed by atoms with E-state index in [1.54, 1.807) is 4.90 Å². The second-order valence-electron chi connectivity index (χ2n) is 9.59. The third kappa shape index (κ3) is 4.37. The zero-order valence-electron chi connectivity index (χ0n) is 20.0. The fraction of sp³-hybridized carbons (Fsp3) is 0.565. The number of aliphatic hydroxyl groups excluding tert-OH is 1. The Morgan fingerprint density at radius 3 is 2.71 bits per heavy atom. The Bertz CT molecular complexity index is 1060. The van der Waals surface area contributed by atoms with Gasteiger partial charge in [-0.3, -0.25) is 14.8 Å². The number of aliphatic hydroxyl groups is 1. The number of hydrogen-bond donors (Lipinski definition) is 3. The van der Waals surface area contributed by atoms with Crippen LogP contribution in [0.4, 0.5) is 15.0 Å². The van der Waals surface area contributed by atoms with Crippen molar-refractivity contribution in [3.8, 4) is 0 Å². The van der Waals surface area contributed by atoms with Crippen molar-refractivity contribution in [2.45, 2.75) is 58.3 Å². The average Bonchev–Trinajstić information content (AvgIpc) is 3.32. The van der Waals surface area contributed by atoms with E-state index >= 15 is 0 Å². The van der Waals surface area contributed by atoms with Crippen LogP contribution in [0.1, 0.15) is 55.9 Å². The minimum atomic E-state index is -0.645. The molecule has 2 aliphatic rings. The lowest BCUT2D eigenvalue weighted by Gasteiger charge is -2.46. The lowest BCUT2D eigenvalue weighted by molar-refractivity contribution is 0.0326. The van der Waals surface area contributed by atoms with Gasteiger partial charge in [0, 0.05) is 43.9 Å². The van der Waals surface area contributed by atoms with Crippen molar-refractivity contribution >= 4 is 17.8 Å². The summed E-state index contributed by atoms with van der Waals surface area (Å²) in [6.07, 6.45) is 1.70. The van der Waals surface area contributed by atoms with Gasteiger partial charge in [0.2, 0.25) is 0 Å². The van der Waals surface area contributed by atoms with Crippen molar-refractivity contribution in [1.82, 2.24) is 29.9 Å². The summed E-state index contributed by atoms with van der Waals surface area (Å²) in [5.41, 5.74) is 0.944. The summed E-state index contributed by atoms with van der Waals surface area (Å²) in [5, 5.41) is 19.1. The first-order valence-corrected chi connectivity index (χ1v) is 11.6. The van der Waals surface area contributed by atoms with E-state index in [4.69, 9.17) is 5.11 Å². The van der Waals surface area contributed by atoms with E-state index in [1.807, 2.05) is 25.7 Å². The second-order valence-corrected chi connectivity index (χ2v) is 9.59. The number of halogens is 1. The van der Waals surface area contributed by atoms with E-state index in [-0.39, 0.29) is 30.4 Å². The number of H-pyrrole nitrogens is 1. The van der Waals surface area contributed by atoms with Gasteiger partial charge in [0.15, 0.2) is 5.82 Å². The summed E-state index contributed by atoms with van der Waals surface area (Å²) < 4.78 is 13.1. The molecule has 2 aliphatic heterocycles. The third-order valence-corrected chi connectivity index (χ3v) is 6.86. The van der Waals surface area contributed by atoms with Crippen LogP contribution in [0.2, 0.25) is 0 Å². The first kappa shape index (κ1) is 24.1. The predicted octanol–water partition coefficient (Wildman–Crippen LogP) is 2.14. The van der Waals surface area contributed by atoms with E-state index in [0.29, 0.717) is 25.3 Å². The molecule has 3 N–H and O–H groups in total. The zero-order chi connectivity index (χ0) is 24.6. The maximum Gasteiger partial charge on any atom is 0.321 e. The Hall–Kier alpha value is -3.05. The standard InChI is InChI=1S/C23H32FN7O3/c1-14-12-30(15(2)11-29(14)8-5-9-32)22(34)31-13-17-19(23(31,3)4)27-28-20(17)26-21(33)18-7-6-16(24)10-25-18/h6-7,10,14-15,32H,5,8-9,11-13H2,1-4H3,(H2,26,27,28,33)/t14-,15+/m1/s1. The zero-order valence-corrected chi connectivity index (χ0v) is 20.0. The smallest absolute Gasteiger partial charge is 0.321 e. The number of amides is 3. The molecule has 184 valence electrons. The number of pyridine rings is 1. The van der Waals surface area contributed by atoms with Gasteiger partial charge in [-0.05, 0) is 46.2 Å². The number of fused-ring (bicyclic) bond motifs is 1. The van der Waals surface area contributed by atoms with Gasteiger partial charge in [-0.2, -0.15) is 5.10 Å². The predicted molar refractivity (Wildman–Crippen MR) is 124 cm³/mol. The summed E-state index contributed by atoms with van der Waals surface area (Å²) in [6, 6.07) is 2.63. The third-order valence-electron chi connectivity index (χ3n) is 6.86.